The van der Waals surface area contributed by atoms with Gasteiger partial charge in [0.15, 0.2) is 0 Å². The number of benzene rings is 2. The number of hydrogen-bond acceptors (Lipinski definition) is 4. The highest BCUT2D eigenvalue weighted by Gasteiger charge is 2.75. The highest BCUT2D eigenvalue weighted by Crippen LogP contribution is 2.73. The van der Waals surface area contributed by atoms with E-state index in [9.17, 15) is 9.59 Å². The monoisotopic (exact) mass is 482 g/mol. The van der Waals surface area contributed by atoms with Crippen molar-refractivity contribution in [2.24, 2.45) is 11.8 Å². The van der Waals surface area contributed by atoms with Crippen molar-refractivity contribution in [3.63, 3.8) is 0 Å². The van der Waals surface area contributed by atoms with Crippen LogP contribution in [0.3, 0.4) is 0 Å². The van der Waals surface area contributed by atoms with Crippen molar-refractivity contribution in [2.75, 3.05) is 13.3 Å². The van der Waals surface area contributed by atoms with E-state index in [1.54, 1.807) is 24.3 Å². The van der Waals surface area contributed by atoms with Crippen molar-refractivity contribution in [1.82, 2.24) is 0 Å². The van der Waals surface area contributed by atoms with Gasteiger partial charge < -0.3 is 9.47 Å². The Kier molecular flexibility index (Phi) is 6.36. The standard InChI is InChI=1S/C27H32O4P2/c1-32-26-17-27(33-2,21-16-10-9-15-20(21)26)23(31-25(29)19-13-7-4-8-14-19)22(26)30-24(28)18-11-5-3-6-12-18/h3-8,11-14,20-23,32-33H,9-10,15-17H2,1-2H3. The minimum atomic E-state index is -0.395. The Hall–Kier alpha value is -1.76. The molecule has 3 aliphatic rings. The van der Waals surface area contributed by atoms with Crippen molar-refractivity contribution in [3.05, 3.63) is 71.8 Å². The first kappa shape index (κ1) is 23.0. The zero-order chi connectivity index (χ0) is 23.1. The normalized spacial score (nSPS) is 35.2. The topological polar surface area (TPSA) is 52.6 Å². The van der Waals surface area contributed by atoms with Gasteiger partial charge in [0.2, 0.25) is 0 Å². The molecule has 0 N–H and O–H groups in total. The molecule has 0 saturated heterocycles. The van der Waals surface area contributed by atoms with Crippen molar-refractivity contribution in [1.29, 1.82) is 0 Å². The van der Waals surface area contributed by atoms with Crippen molar-refractivity contribution < 1.29 is 19.1 Å². The average Bonchev–Trinajstić information content (AvgIpc) is 3.33. The van der Waals surface area contributed by atoms with E-state index >= 15 is 0 Å². The number of rotatable bonds is 6. The Morgan fingerprint density at radius 2 is 1.12 bits per heavy atom. The molecular weight excluding hydrogens is 450 g/mol. The van der Waals surface area contributed by atoms with Gasteiger partial charge in [-0.2, -0.15) is 0 Å². The third-order valence-corrected chi connectivity index (χ3v) is 11.9. The summed E-state index contributed by atoms with van der Waals surface area (Å²) in [7, 11) is 1.28. The van der Waals surface area contributed by atoms with Gasteiger partial charge in [-0.1, -0.05) is 49.2 Å². The first-order valence-electron chi connectivity index (χ1n) is 12.0. The molecule has 174 valence electrons. The van der Waals surface area contributed by atoms with Gasteiger partial charge in [0.05, 0.1) is 11.1 Å². The SMILES string of the molecule is CPC12CC(PC)(C3CCCCC31)C(OC(=O)c1ccccc1)C2OC(=O)c1ccccc1. The second-order valence-electron chi connectivity index (χ2n) is 9.64. The molecule has 33 heavy (non-hydrogen) atoms. The molecule has 2 aromatic rings. The van der Waals surface area contributed by atoms with Gasteiger partial charge in [-0.15, -0.1) is 17.2 Å². The van der Waals surface area contributed by atoms with Crippen LogP contribution in [0, 0.1) is 11.8 Å². The molecule has 3 aliphatic carbocycles. The van der Waals surface area contributed by atoms with Crippen LogP contribution in [-0.4, -0.2) is 47.8 Å². The summed E-state index contributed by atoms with van der Waals surface area (Å²) < 4.78 is 12.7. The molecule has 3 fully saturated rings. The van der Waals surface area contributed by atoms with Crippen molar-refractivity contribution >= 4 is 29.1 Å². The largest absolute Gasteiger partial charge is 0.454 e. The fourth-order valence-electron chi connectivity index (χ4n) is 6.95. The smallest absolute Gasteiger partial charge is 0.338 e. The fraction of sp³-hybridized carbons (Fsp3) is 0.481. The molecule has 2 aromatic carbocycles. The molecule has 0 radical (unpaired) electrons. The number of fused-ring (bicyclic) bond motifs is 5. The van der Waals surface area contributed by atoms with Crippen molar-refractivity contribution in [2.45, 2.75) is 54.6 Å². The maximum atomic E-state index is 13.2. The summed E-state index contributed by atoms with van der Waals surface area (Å²) in [6.45, 7) is 4.51. The maximum Gasteiger partial charge on any atom is 0.338 e. The first-order chi connectivity index (χ1) is 16.1. The maximum absolute atomic E-state index is 13.2. The van der Waals surface area contributed by atoms with Crippen LogP contribution in [0.4, 0.5) is 0 Å². The van der Waals surface area contributed by atoms with Crippen LogP contribution in [0.15, 0.2) is 60.7 Å². The summed E-state index contributed by atoms with van der Waals surface area (Å²) in [5.41, 5.74) is 1.10. The lowest BCUT2D eigenvalue weighted by Gasteiger charge is -2.51. The second kappa shape index (κ2) is 9.12. The van der Waals surface area contributed by atoms with Crippen LogP contribution >= 0.6 is 17.2 Å². The van der Waals surface area contributed by atoms with Crippen molar-refractivity contribution in [3.8, 4) is 0 Å². The third-order valence-electron chi connectivity index (χ3n) is 8.38. The van der Waals surface area contributed by atoms with Gasteiger partial charge in [-0.05, 0) is 68.7 Å². The van der Waals surface area contributed by atoms with E-state index in [0.717, 1.165) is 6.42 Å². The molecule has 0 aromatic heterocycles. The number of carbonyl (C=O) groups is 2. The number of carbonyl (C=O) groups excluding carboxylic acids is 2. The second-order valence-corrected chi connectivity index (χ2v) is 12.5. The van der Waals surface area contributed by atoms with E-state index < -0.39 is 12.2 Å². The number of ether oxygens (including phenoxy) is 2. The van der Waals surface area contributed by atoms with Gasteiger partial charge in [0.25, 0.3) is 0 Å². The molecule has 5 rings (SSSR count). The lowest BCUT2D eigenvalue weighted by atomic mass is 9.68. The Bertz CT molecular complexity index is 932. The van der Waals surface area contributed by atoms with E-state index in [4.69, 9.17) is 9.47 Å². The van der Waals surface area contributed by atoms with Crippen LogP contribution in [-0.2, 0) is 9.47 Å². The van der Waals surface area contributed by atoms with E-state index in [1.807, 2.05) is 36.4 Å². The van der Waals surface area contributed by atoms with E-state index in [2.05, 4.69) is 13.3 Å². The van der Waals surface area contributed by atoms with Crippen LogP contribution in [0.25, 0.3) is 0 Å². The summed E-state index contributed by atoms with van der Waals surface area (Å²) in [6.07, 6.45) is 5.07. The summed E-state index contributed by atoms with van der Waals surface area (Å²) in [4.78, 5) is 26.5. The highest BCUT2D eigenvalue weighted by molar-refractivity contribution is 7.41. The molecule has 0 spiro atoms. The van der Waals surface area contributed by atoms with E-state index in [-0.39, 0.29) is 22.3 Å². The molecule has 0 aliphatic heterocycles. The minimum Gasteiger partial charge on any atom is -0.454 e. The molecule has 0 heterocycles. The molecule has 3 saturated carbocycles. The molecule has 4 nitrogen and oxygen atoms in total. The predicted molar refractivity (Wildman–Crippen MR) is 135 cm³/mol. The van der Waals surface area contributed by atoms with E-state index in [0.29, 0.717) is 40.1 Å². The van der Waals surface area contributed by atoms with Crippen LogP contribution in [0.5, 0.6) is 0 Å². The highest BCUT2D eigenvalue weighted by atomic mass is 31.1. The first-order valence-corrected chi connectivity index (χ1v) is 15.0. The Labute approximate surface area is 199 Å². The molecule has 8 atom stereocenters. The van der Waals surface area contributed by atoms with Crippen LogP contribution in [0.1, 0.15) is 52.8 Å². The summed E-state index contributed by atoms with van der Waals surface area (Å²) >= 11 is 0. The zero-order valence-electron chi connectivity index (χ0n) is 19.3. The quantitative estimate of drug-likeness (QED) is 0.388. The minimum absolute atomic E-state index is 0.0971. The number of esters is 2. The summed E-state index contributed by atoms with van der Waals surface area (Å²) in [6, 6.07) is 18.4. The lowest BCUT2D eigenvalue weighted by Crippen LogP contribution is -2.59. The molecule has 8 unspecified atom stereocenters. The Morgan fingerprint density at radius 1 is 0.727 bits per heavy atom. The molecule has 2 bridgehead atoms. The van der Waals surface area contributed by atoms with Gasteiger partial charge in [-0.25, -0.2) is 9.59 Å². The lowest BCUT2D eigenvalue weighted by molar-refractivity contribution is -0.0736. The molecule has 0 amide bonds. The number of hydrogen-bond donors (Lipinski definition) is 0. The molecule has 6 heteroatoms. The molecular formula is C27H32O4P2. The van der Waals surface area contributed by atoms with Crippen LogP contribution < -0.4 is 0 Å². The van der Waals surface area contributed by atoms with E-state index in [1.165, 1.54) is 25.7 Å². The Morgan fingerprint density at radius 3 is 1.48 bits per heavy atom. The zero-order valence-corrected chi connectivity index (χ0v) is 21.3. The third kappa shape index (κ3) is 3.65. The van der Waals surface area contributed by atoms with Gasteiger partial charge in [0.1, 0.15) is 12.2 Å². The Balaban J connectivity index is 1.54. The van der Waals surface area contributed by atoms with Gasteiger partial charge >= 0.3 is 11.9 Å². The summed E-state index contributed by atoms with van der Waals surface area (Å²) in [5, 5.41) is -0.194. The van der Waals surface area contributed by atoms with Crippen LogP contribution in [0.2, 0.25) is 0 Å². The van der Waals surface area contributed by atoms with Gasteiger partial charge in [0, 0.05) is 10.3 Å². The van der Waals surface area contributed by atoms with Gasteiger partial charge in [-0.3, -0.25) is 0 Å². The fourth-order valence-corrected chi connectivity index (χ4v) is 10.5. The summed E-state index contributed by atoms with van der Waals surface area (Å²) in [5.74, 6) is 0.464. The predicted octanol–water partition coefficient (Wildman–Crippen LogP) is 5.76. The average molecular weight is 482 g/mol.